The lowest BCUT2D eigenvalue weighted by atomic mass is 10.1. The molecule has 0 bridgehead atoms. The summed E-state index contributed by atoms with van der Waals surface area (Å²) in [4.78, 5) is 28.2. The van der Waals surface area contributed by atoms with Crippen LogP contribution in [0.3, 0.4) is 0 Å². The van der Waals surface area contributed by atoms with Crippen LogP contribution in [0.4, 0.5) is 0 Å². The largest absolute Gasteiger partial charge is 0.456 e. The summed E-state index contributed by atoms with van der Waals surface area (Å²) in [7, 11) is 0. The molecule has 1 aromatic heterocycles. The van der Waals surface area contributed by atoms with Crippen molar-refractivity contribution in [3.05, 3.63) is 28.5 Å². The molecule has 0 spiro atoms. The Morgan fingerprint density at radius 1 is 1.00 bits per heavy atom. The fourth-order valence-corrected chi connectivity index (χ4v) is 1.70. The van der Waals surface area contributed by atoms with Crippen molar-refractivity contribution in [3.63, 3.8) is 0 Å². The zero-order valence-electron chi connectivity index (χ0n) is 13.1. The SMILES string of the molecule is CC(C)(C)OC(=O)c1ccnc(Cl)c1C(=O)OC(C)(C)C. The Morgan fingerprint density at radius 2 is 1.48 bits per heavy atom. The summed E-state index contributed by atoms with van der Waals surface area (Å²) >= 11 is 5.95. The third-order valence-electron chi connectivity index (χ3n) is 2.13. The van der Waals surface area contributed by atoms with E-state index in [0.717, 1.165) is 0 Å². The number of carbonyl (C=O) groups excluding carboxylic acids is 2. The Kier molecular flexibility index (Phi) is 4.99. The molecular weight excluding hydrogens is 294 g/mol. The summed E-state index contributed by atoms with van der Waals surface area (Å²) in [6.07, 6.45) is 1.34. The van der Waals surface area contributed by atoms with E-state index < -0.39 is 23.1 Å². The molecular formula is C15H20ClNO4. The fraction of sp³-hybridized carbons (Fsp3) is 0.533. The lowest BCUT2D eigenvalue weighted by molar-refractivity contribution is 0.00183. The molecule has 1 rings (SSSR count). The van der Waals surface area contributed by atoms with Gasteiger partial charge in [0.2, 0.25) is 0 Å². The molecule has 116 valence electrons. The Hall–Kier alpha value is -1.62. The molecule has 1 heterocycles. The average Bonchev–Trinajstić information content (AvgIpc) is 2.23. The van der Waals surface area contributed by atoms with Gasteiger partial charge in [0.15, 0.2) is 0 Å². The highest BCUT2D eigenvalue weighted by molar-refractivity contribution is 6.33. The van der Waals surface area contributed by atoms with E-state index in [1.807, 2.05) is 0 Å². The van der Waals surface area contributed by atoms with Crippen LogP contribution in [-0.2, 0) is 9.47 Å². The predicted molar refractivity (Wildman–Crippen MR) is 79.6 cm³/mol. The van der Waals surface area contributed by atoms with Gasteiger partial charge in [-0.25, -0.2) is 14.6 Å². The maximum atomic E-state index is 12.2. The van der Waals surface area contributed by atoms with Crippen LogP contribution < -0.4 is 0 Å². The standard InChI is InChI=1S/C15H20ClNO4/c1-14(2,3)20-12(18)9-7-8-17-11(16)10(9)13(19)21-15(4,5)6/h7-8H,1-6H3. The summed E-state index contributed by atoms with van der Waals surface area (Å²) in [5, 5.41) is -0.0902. The maximum absolute atomic E-state index is 12.2. The van der Waals surface area contributed by atoms with E-state index >= 15 is 0 Å². The molecule has 6 heteroatoms. The number of hydrogen-bond acceptors (Lipinski definition) is 5. The van der Waals surface area contributed by atoms with Crippen molar-refractivity contribution < 1.29 is 19.1 Å². The summed E-state index contributed by atoms with van der Waals surface area (Å²) in [5.74, 6) is -1.35. The van der Waals surface area contributed by atoms with Gasteiger partial charge in [0.05, 0.1) is 5.56 Å². The van der Waals surface area contributed by atoms with E-state index in [4.69, 9.17) is 21.1 Å². The van der Waals surface area contributed by atoms with E-state index in [-0.39, 0.29) is 16.3 Å². The molecule has 5 nitrogen and oxygen atoms in total. The molecule has 0 radical (unpaired) electrons. The molecule has 0 atom stereocenters. The first-order valence-corrected chi connectivity index (χ1v) is 6.90. The van der Waals surface area contributed by atoms with Crippen molar-refractivity contribution in [2.24, 2.45) is 0 Å². The number of esters is 2. The first-order chi connectivity index (χ1) is 9.41. The van der Waals surface area contributed by atoms with Gasteiger partial charge >= 0.3 is 11.9 Å². The number of aromatic nitrogens is 1. The van der Waals surface area contributed by atoms with Crippen LogP contribution in [0.15, 0.2) is 12.3 Å². The number of carbonyl (C=O) groups is 2. The normalized spacial score (nSPS) is 12.0. The van der Waals surface area contributed by atoms with E-state index in [1.165, 1.54) is 12.3 Å². The van der Waals surface area contributed by atoms with Crippen LogP contribution in [-0.4, -0.2) is 28.1 Å². The van der Waals surface area contributed by atoms with Gasteiger partial charge in [-0.3, -0.25) is 0 Å². The van der Waals surface area contributed by atoms with Crippen LogP contribution in [0.25, 0.3) is 0 Å². The Morgan fingerprint density at radius 3 is 1.95 bits per heavy atom. The number of hydrogen-bond donors (Lipinski definition) is 0. The molecule has 0 aliphatic heterocycles. The number of pyridine rings is 1. The smallest absolute Gasteiger partial charge is 0.342 e. The Bertz CT molecular complexity index is 556. The Labute approximate surface area is 129 Å². The molecule has 0 aliphatic carbocycles. The number of rotatable bonds is 2. The second-order valence-corrected chi connectivity index (χ2v) is 6.89. The first kappa shape index (κ1) is 17.4. The van der Waals surface area contributed by atoms with E-state index in [1.54, 1.807) is 41.5 Å². The van der Waals surface area contributed by atoms with Crippen LogP contribution in [0.2, 0.25) is 5.15 Å². The van der Waals surface area contributed by atoms with Crippen LogP contribution >= 0.6 is 11.6 Å². The summed E-state index contributed by atoms with van der Waals surface area (Å²) in [6.45, 7) is 10.4. The molecule has 1 aromatic rings. The van der Waals surface area contributed by atoms with Gasteiger partial charge in [-0.2, -0.15) is 0 Å². The second kappa shape index (κ2) is 6.02. The zero-order chi connectivity index (χ0) is 16.4. The molecule has 0 aromatic carbocycles. The van der Waals surface area contributed by atoms with Gasteiger partial charge in [-0.05, 0) is 47.6 Å². The van der Waals surface area contributed by atoms with Crippen molar-refractivity contribution in [3.8, 4) is 0 Å². The fourth-order valence-electron chi connectivity index (χ4n) is 1.46. The van der Waals surface area contributed by atoms with Gasteiger partial charge in [-0.15, -0.1) is 0 Å². The molecule has 0 unspecified atom stereocenters. The van der Waals surface area contributed by atoms with E-state index in [9.17, 15) is 9.59 Å². The Balaban J connectivity index is 3.21. The van der Waals surface area contributed by atoms with E-state index in [0.29, 0.717) is 0 Å². The molecule has 0 saturated heterocycles. The molecule has 0 fully saturated rings. The zero-order valence-corrected chi connectivity index (χ0v) is 13.9. The quantitative estimate of drug-likeness (QED) is 0.616. The number of ether oxygens (including phenoxy) is 2. The molecule has 0 N–H and O–H groups in total. The van der Waals surface area contributed by atoms with Crippen LogP contribution in [0.1, 0.15) is 62.3 Å². The van der Waals surface area contributed by atoms with Gasteiger partial charge in [0.25, 0.3) is 0 Å². The number of halogens is 1. The lowest BCUT2D eigenvalue weighted by Crippen LogP contribution is -2.28. The number of nitrogens with zero attached hydrogens (tertiary/aromatic N) is 1. The van der Waals surface area contributed by atoms with Gasteiger partial charge in [0, 0.05) is 6.20 Å². The third kappa shape index (κ3) is 5.34. The molecule has 0 saturated carbocycles. The third-order valence-corrected chi connectivity index (χ3v) is 2.41. The van der Waals surface area contributed by atoms with Gasteiger partial charge in [-0.1, -0.05) is 11.6 Å². The summed E-state index contributed by atoms with van der Waals surface area (Å²) in [6, 6.07) is 1.39. The van der Waals surface area contributed by atoms with Crippen LogP contribution in [0.5, 0.6) is 0 Å². The van der Waals surface area contributed by atoms with Crippen molar-refractivity contribution in [1.29, 1.82) is 0 Å². The minimum atomic E-state index is -0.707. The van der Waals surface area contributed by atoms with E-state index in [2.05, 4.69) is 4.98 Å². The highest BCUT2D eigenvalue weighted by Gasteiger charge is 2.28. The first-order valence-electron chi connectivity index (χ1n) is 6.52. The highest BCUT2D eigenvalue weighted by atomic mass is 35.5. The highest BCUT2D eigenvalue weighted by Crippen LogP contribution is 2.23. The van der Waals surface area contributed by atoms with Gasteiger partial charge in [0.1, 0.15) is 21.9 Å². The van der Waals surface area contributed by atoms with Crippen LogP contribution in [0, 0.1) is 0 Å². The van der Waals surface area contributed by atoms with Crippen molar-refractivity contribution in [2.75, 3.05) is 0 Å². The minimum absolute atomic E-state index is 0.0409. The average molecular weight is 314 g/mol. The van der Waals surface area contributed by atoms with Crippen molar-refractivity contribution >= 4 is 23.5 Å². The predicted octanol–water partition coefficient (Wildman–Crippen LogP) is 3.65. The summed E-state index contributed by atoms with van der Waals surface area (Å²) < 4.78 is 10.5. The second-order valence-electron chi connectivity index (χ2n) is 6.53. The lowest BCUT2D eigenvalue weighted by Gasteiger charge is -2.22. The molecule has 0 amide bonds. The van der Waals surface area contributed by atoms with Crippen molar-refractivity contribution in [2.45, 2.75) is 52.7 Å². The molecule has 0 aliphatic rings. The van der Waals surface area contributed by atoms with Gasteiger partial charge < -0.3 is 9.47 Å². The topological polar surface area (TPSA) is 65.5 Å². The maximum Gasteiger partial charge on any atom is 0.342 e. The molecule has 21 heavy (non-hydrogen) atoms. The monoisotopic (exact) mass is 313 g/mol. The summed E-state index contributed by atoms with van der Waals surface area (Å²) in [5.41, 5.74) is -1.43. The van der Waals surface area contributed by atoms with Crippen molar-refractivity contribution in [1.82, 2.24) is 4.98 Å². The minimum Gasteiger partial charge on any atom is -0.456 e.